The number of benzene rings is 2. The molecular formula is C22H19NO4. The van der Waals surface area contributed by atoms with Crippen molar-refractivity contribution in [1.29, 1.82) is 5.26 Å². The van der Waals surface area contributed by atoms with Crippen LogP contribution in [0.1, 0.15) is 30.1 Å². The lowest BCUT2D eigenvalue weighted by Crippen LogP contribution is -2.29. The molecule has 1 aliphatic carbocycles. The topological polar surface area (TPSA) is 76.4 Å². The van der Waals surface area contributed by atoms with Gasteiger partial charge in [0.15, 0.2) is 11.5 Å². The molecule has 0 aromatic heterocycles. The van der Waals surface area contributed by atoms with Gasteiger partial charge in [-0.2, -0.15) is 5.26 Å². The van der Waals surface area contributed by atoms with Crippen molar-refractivity contribution in [3.63, 3.8) is 0 Å². The lowest BCUT2D eigenvalue weighted by molar-refractivity contribution is -0.149. The second-order valence-corrected chi connectivity index (χ2v) is 6.40. The molecule has 0 fully saturated rings. The van der Waals surface area contributed by atoms with Gasteiger partial charge in [-0.05, 0) is 17.5 Å². The fraction of sp³-hybridized carbons (Fsp3) is 0.227. The Bertz CT molecular complexity index is 859. The summed E-state index contributed by atoms with van der Waals surface area (Å²) in [6.07, 6.45) is 1.15. The van der Waals surface area contributed by atoms with Crippen molar-refractivity contribution in [2.75, 3.05) is 7.11 Å². The zero-order valence-electron chi connectivity index (χ0n) is 14.9. The zero-order valence-corrected chi connectivity index (χ0v) is 14.9. The van der Waals surface area contributed by atoms with E-state index in [2.05, 4.69) is 0 Å². The van der Waals surface area contributed by atoms with Crippen molar-refractivity contribution in [2.24, 2.45) is 5.41 Å². The normalized spacial score (nSPS) is 18.5. The average molecular weight is 361 g/mol. The van der Waals surface area contributed by atoms with E-state index in [9.17, 15) is 14.9 Å². The Kier molecular flexibility index (Phi) is 5.37. The standard InChI is InChI=1S/C22H19NO4/c1-26-21(25)22(15-23)13-12-18(14-22)20(24)27-19(16-8-4-2-5-9-16)17-10-6-3-7-11-17/h2-12,19H,13-14H2,1H3/t22-/m1/s1. The highest BCUT2D eigenvalue weighted by Crippen LogP contribution is 2.39. The number of carbonyl (C=O) groups excluding carboxylic acids is 2. The van der Waals surface area contributed by atoms with Crippen LogP contribution in [0.25, 0.3) is 0 Å². The van der Waals surface area contributed by atoms with E-state index in [1.165, 1.54) is 7.11 Å². The molecular weight excluding hydrogens is 342 g/mol. The van der Waals surface area contributed by atoms with E-state index in [0.29, 0.717) is 5.57 Å². The van der Waals surface area contributed by atoms with E-state index in [1.54, 1.807) is 6.08 Å². The maximum Gasteiger partial charge on any atom is 0.334 e. The van der Waals surface area contributed by atoms with Crippen molar-refractivity contribution < 1.29 is 19.1 Å². The first-order valence-corrected chi connectivity index (χ1v) is 8.59. The van der Waals surface area contributed by atoms with Crippen LogP contribution in [0.2, 0.25) is 0 Å². The van der Waals surface area contributed by atoms with Crippen molar-refractivity contribution in [3.8, 4) is 6.07 Å². The summed E-state index contributed by atoms with van der Waals surface area (Å²) in [5, 5.41) is 9.42. The van der Waals surface area contributed by atoms with Gasteiger partial charge in [0.1, 0.15) is 0 Å². The third-order valence-corrected chi connectivity index (χ3v) is 4.67. The molecule has 0 radical (unpaired) electrons. The van der Waals surface area contributed by atoms with E-state index in [-0.39, 0.29) is 12.8 Å². The van der Waals surface area contributed by atoms with Gasteiger partial charge in [0, 0.05) is 12.0 Å². The highest BCUT2D eigenvalue weighted by atomic mass is 16.5. The van der Waals surface area contributed by atoms with E-state index < -0.39 is 23.5 Å². The first-order chi connectivity index (χ1) is 13.1. The third kappa shape index (κ3) is 3.75. The number of hydrogen-bond acceptors (Lipinski definition) is 5. The molecule has 136 valence electrons. The van der Waals surface area contributed by atoms with E-state index in [0.717, 1.165) is 11.1 Å². The van der Waals surface area contributed by atoms with Gasteiger partial charge in [-0.3, -0.25) is 4.79 Å². The van der Waals surface area contributed by atoms with Crippen molar-refractivity contribution in [3.05, 3.63) is 83.4 Å². The Morgan fingerprint density at radius 1 is 1.04 bits per heavy atom. The maximum atomic E-state index is 12.8. The van der Waals surface area contributed by atoms with Gasteiger partial charge >= 0.3 is 11.9 Å². The van der Waals surface area contributed by atoms with Crippen LogP contribution in [-0.4, -0.2) is 19.0 Å². The predicted octanol–water partition coefficient (Wildman–Crippen LogP) is 3.72. The molecule has 0 amide bonds. The number of methoxy groups -OCH3 is 1. The molecule has 2 aromatic carbocycles. The summed E-state index contributed by atoms with van der Waals surface area (Å²) in [6, 6.07) is 20.9. The summed E-state index contributed by atoms with van der Waals surface area (Å²) in [5.74, 6) is -1.17. The quantitative estimate of drug-likeness (QED) is 0.759. The molecule has 3 rings (SSSR count). The minimum absolute atomic E-state index is 0.00862. The highest BCUT2D eigenvalue weighted by Gasteiger charge is 2.45. The number of esters is 2. The minimum Gasteiger partial charge on any atom is -0.468 e. The predicted molar refractivity (Wildman–Crippen MR) is 98.2 cm³/mol. The molecule has 2 aromatic rings. The molecule has 0 bridgehead atoms. The van der Waals surface area contributed by atoms with Gasteiger partial charge in [0.05, 0.1) is 13.2 Å². The van der Waals surface area contributed by atoms with Crippen LogP contribution in [0, 0.1) is 16.7 Å². The molecule has 0 N–H and O–H groups in total. The SMILES string of the molecule is COC(=O)[C@]1(C#N)CC=C(C(=O)OC(c2ccccc2)c2ccccc2)C1. The van der Waals surface area contributed by atoms with Gasteiger partial charge in [0.25, 0.3) is 0 Å². The lowest BCUT2D eigenvalue weighted by Gasteiger charge is -2.20. The molecule has 0 saturated heterocycles. The van der Waals surface area contributed by atoms with Crippen LogP contribution in [-0.2, 0) is 19.1 Å². The maximum absolute atomic E-state index is 12.8. The lowest BCUT2D eigenvalue weighted by atomic mass is 9.86. The molecule has 5 heteroatoms. The van der Waals surface area contributed by atoms with Crippen molar-refractivity contribution in [2.45, 2.75) is 18.9 Å². The summed E-state index contributed by atoms with van der Waals surface area (Å²) in [5.41, 5.74) is 0.655. The Labute approximate surface area is 157 Å². The van der Waals surface area contributed by atoms with Gasteiger partial charge in [-0.1, -0.05) is 66.7 Å². The van der Waals surface area contributed by atoms with Crippen LogP contribution in [0.15, 0.2) is 72.3 Å². The molecule has 1 aliphatic rings. The number of carbonyl (C=O) groups is 2. The van der Waals surface area contributed by atoms with E-state index in [1.807, 2.05) is 66.7 Å². The molecule has 27 heavy (non-hydrogen) atoms. The molecule has 0 spiro atoms. The first-order valence-electron chi connectivity index (χ1n) is 8.59. The summed E-state index contributed by atoms with van der Waals surface area (Å²) in [4.78, 5) is 24.7. The summed E-state index contributed by atoms with van der Waals surface area (Å²) in [7, 11) is 1.23. The number of nitriles is 1. The first kappa shape index (κ1) is 18.4. The molecule has 0 heterocycles. The van der Waals surface area contributed by atoms with Gasteiger partial charge < -0.3 is 9.47 Å². The van der Waals surface area contributed by atoms with Gasteiger partial charge in [-0.15, -0.1) is 0 Å². The number of allylic oxidation sites excluding steroid dienone is 1. The Balaban J connectivity index is 1.82. The number of hydrogen-bond donors (Lipinski definition) is 0. The van der Waals surface area contributed by atoms with Crippen LogP contribution >= 0.6 is 0 Å². The molecule has 0 saturated carbocycles. The molecule has 0 unspecified atom stereocenters. The Morgan fingerprint density at radius 2 is 1.59 bits per heavy atom. The monoisotopic (exact) mass is 361 g/mol. The average Bonchev–Trinajstić information content (AvgIpc) is 3.18. The highest BCUT2D eigenvalue weighted by molar-refractivity contribution is 5.93. The number of rotatable bonds is 5. The van der Waals surface area contributed by atoms with Crippen molar-refractivity contribution in [1.82, 2.24) is 0 Å². The van der Waals surface area contributed by atoms with E-state index in [4.69, 9.17) is 9.47 Å². The smallest absolute Gasteiger partial charge is 0.334 e. The number of nitrogens with zero attached hydrogens (tertiary/aromatic N) is 1. The summed E-state index contributed by atoms with van der Waals surface area (Å²) >= 11 is 0. The molecule has 5 nitrogen and oxygen atoms in total. The molecule has 1 atom stereocenters. The van der Waals surface area contributed by atoms with Crippen LogP contribution in [0.5, 0.6) is 0 Å². The Morgan fingerprint density at radius 3 is 2.07 bits per heavy atom. The fourth-order valence-electron chi connectivity index (χ4n) is 3.17. The van der Waals surface area contributed by atoms with Crippen LogP contribution in [0.4, 0.5) is 0 Å². The van der Waals surface area contributed by atoms with Gasteiger partial charge in [-0.25, -0.2) is 4.79 Å². The Hall–Kier alpha value is -3.39. The van der Waals surface area contributed by atoms with Gasteiger partial charge in [0.2, 0.25) is 0 Å². The summed E-state index contributed by atoms with van der Waals surface area (Å²) in [6.45, 7) is 0. The zero-order chi connectivity index (χ0) is 19.3. The number of ether oxygens (including phenoxy) is 2. The van der Waals surface area contributed by atoms with Crippen LogP contribution < -0.4 is 0 Å². The third-order valence-electron chi connectivity index (χ3n) is 4.67. The summed E-state index contributed by atoms with van der Waals surface area (Å²) < 4.78 is 10.5. The fourth-order valence-corrected chi connectivity index (χ4v) is 3.17. The van der Waals surface area contributed by atoms with Crippen molar-refractivity contribution >= 4 is 11.9 Å². The largest absolute Gasteiger partial charge is 0.468 e. The second-order valence-electron chi connectivity index (χ2n) is 6.40. The minimum atomic E-state index is -1.35. The molecule has 0 aliphatic heterocycles. The second kappa shape index (κ2) is 7.88. The van der Waals surface area contributed by atoms with Crippen LogP contribution in [0.3, 0.4) is 0 Å². The van der Waals surface area contributed by atoms with E-state index >= 15 is 0 Å².